The number of carbonyl (C=O) groups is 2. The highest BCUT2D eigenvalue weighted by Crippen LogP contribution is 2.39. The zero-order chi connectivity index (χ0) is 14.0. The second-order valence-corrected chi connectivity index (χ2v) is 5.04. The fraction of sp³-hybridized carbons (Fsp3) is 0.429. The molecule has 0 radical (unpaired) electrons. The highest BCUT2D eigenvalue weighted by molar-refractivity contribution is 6.32. The molecule has 5 heteroatoms. The van der Waals surface area contributed by atoms with Gasteiger partial charge in [-0.25, -0.2) is 4.79 Å². The fourth-order valence-corrected chi connectivity index (χ4v) is 2.39. The number of carbonyl (C=O) groups excluding carboxylic acids is 2. The van der Waals surface area contributed by atoms with Crippen LogP contribution in [0.25, 0.3) is 0 Å². The van der Waals surface area contributed by atoms with Crippen LogP contribution in [-0.2, 0) is 9.53 Å². The van der Waals surface area contributed by atoms with Gasteiger partial charge in [-0.1, -0.05) is 31.0 Å². The minimum atomic E-state index is -0.886. The Balaban J connectivity index is 2.40. The molecule has 1 atom stereocenters. The van der Waals surface area contributed by atoms with Crippen molar-refractivity contribution in [1.29, 1.82) is 0 Å². The molecule has 0 aromatic heterocycles. The summed E-state index contributed by atoms with van der Waals surface area (Å²) >= 11 is 6.15. The number of hydrogen-bond donors (Lipinski definition) is 1. The lowest BCUT2D eigenvalue weighted by molar-refractivity contribution is -0.127. The standard InChI is InChI=1S/C14H16ClNO3/c1-3-4-5-10(17)13-11-9(15)7-6-8(2)12(11)16-14(18)19-13/h6-7,13H,3-5H2,1-2H3,(H,16,18). The first-order valence-electron chi connectivity index (χ1n) is 6.34. The minimum Gasteiger partial charge on any atom is -0.433 e. The number of ether oxygens (including phenoxy) is 1. The van der Waals surface area contributed by atoms with Crippen molar-refractivity contribution in [3.05, 3.63) is 28.3 Å². The van der Waals surface area contributed by atoms with Crippen molar-refractivity contribution in [1.82, 2.24) is 0 Å². The molecule has 0 saturated carbocycles. The topological polar surface area (TPSA) is 55.4 Å². The number of halogens is 1. The molecule has 102 valence electrons. The summed E-state index contributed by atoms with van der Waals surface area (Å²) in [7, 11) is 0. The maximum absolute atomic E-state index is 12.2. The van der Waals surface area contributed by atoms with Crippen LogP contribution in [0.4, 0.5) is 10.5 Å². The Kier molecular flexibility index (Phi) is 4.10. The molecule has 0 aliphatic carbocycles. The molecule has 2 rings (SSSR count). The van der Waals surface area contributed by atoms with Gasteiger partial charge in [0, 0.05) is 12.0 Å². The lowest BCUT2D eigenvalue weighted by Crippen LogP contribution is -2.30. The van der Waals surface area contributed by atoms with Gasteiger partial charge in [0.2, 0.25) is 0 Å². The van der Waals surface area contributed by atoms with Gasteiger partial charge in [-0.3, -0.25) is 10.1 Å². The molecule has 0 spiro atoms. The van der Waals surface area contributed by atoms with Gasteiger partial charge in [-0.15, -0.1) is 0 Å². The van der Waals surface area contributed by atoms with Crippen LogP contribution in [0.5, 0.6) is 0 Å². The molecular weight excluding hydrogens is 266 g/mol. The lowest BCUT2D eigenvalue weighted by Gasteiger charge is -2.27. The van der Waals surface area contributed by atoms with Crippen LogP contribution in [0.2, 0.25) is 5.02 Å². The van der Waals surface area contributed by atoms with Crippen LogP contribution >= 0.6 is 11.6 Å². The van der Waals surface area contributed by atoms with E-state index in [2.05, 4.69) is 5.32 Å². The molecule has 1 aromatic carbocycles. The summed E-state index contributed by atoms with van der Waals surface area (Å²) in [5.74, 6) is -0.106. The number of nitrogens with one attached hydrogen (secondary N) is 1. The second kappa shape index (κ2) is 5.61. The normalized spacial score (nSPS) is 17.4. The average Bonchev–Trinajstić information content (AvgIpc) is 2.39. The van der Waals surface area contributed by atoms with Crippen LogP contribution in [0, 0.1) is 6.92 Å². The first kappa shape index (κ1) is 13.9. The first-order chi connectivity index (χ1) is 9.04. The van der Waals surface area contributed by atoms with Gasteiger partial charge in [0.15, 0.2) is 11.9 Å². The molecule has 1 aromatic rings. The summed E-state index contributed by atoms with van der Waals surface area (Å²) < 4.78 is 5.12. The van der Waals surface area contributed by atoms with Gasteiger partial charge in [-0.05, 0) is 25.0 Å². The van der Waals surface area contributed by atoms with E-state index >= 15 is 0 Å². The van der Waals surface area contributed by atoms with Crippen molar-refractivity contribution in [2.75, 3.05) is 5.32 Å². The van der Waals surface area contributed by atoms with E-state index in [1.807, 2.05) is 13.8 Å². The smallest absolute Gasteiger partial charge is 0.412 e. The number of aryl methyl sites for hydroxylation is 1. The van der Waals surface area contributed by atoms with Crippen LogP contribution < -0.4 is 5.32 Å². The number of ketones is 1. The summed E-state index contributed by atoms with van der Waals surface area (Å²) in [5.41, 5.74) is 2.03. The summed E-state index contributed by atoms with van der Waals surface area (Å²) in [4.78, 5) is 23.7. The largest absolute Gasteiger partial charge is 0.433 e. The van der Waals surface area contributed by atoms with E-state index in [1.54, 1.807) is 12.1 Å². The van der Waals surface area contributed by atoms with Gasteiger partial charge >= 0.3 is 6.09 Å². The Bertz CT molecular complexity index is 528. The summed E-state index contributed by atoms with van der Waals surface area (Å²) in [6, 6.07) is 3.52. The van der Waals surface area contributed by atoms with E-state index in [4.69, 9.17) is 16.3 Å². The summed E-state index contributed by atoms with van der Waals surface area (Å²) in [6.45, 7) is 3.86. The third-order valence-electron chi connectivity index (χ3n) is 3.18. The maximum Gasteiger partial charge on any atom is 0.412 e. The Hall–Kier alpha value is -1.55. The number of fused-ring (bicyclic) bond motifs is 1. The van der Waals surface area contributed by atoms with Crippen molar-refractivity contribution >= 4 is 29.2 Å². The fourth-order valence-electron chi connectivity index (χ4n) is 2.13. The third-order valence-corrected chi connectivity index (χ3v) is 3.51. The molecular formula is C14H16ClNO3. The first-order valence-corrected chi connectivity index (χ1v) is 6.71. The zero-order valence-electron chi connectivity index (χ0n) is 11.0. The number of hydrogen-bond acceptors (Lipinski definition) is 3. The van der Waals surface area contributed by atoms with E-state index in [1.165, 1.54) is 0 Å². The molecule has 1 N–H and O–H groups in total. The molecule has 4 nitrogen and oxygen atoms in total. The predicted molar refractivity (Wildman–Crippen MR) is 73.6 cm³/mol. The molecule has 0 bridgehead atoms. The molecule has 0 saturated heterocycles. The Morgan fingerprint density at radius 3 is 2.89 bits per heavy atom. The summed E-state index contributed by atoms with van der Waals surface area (Å²) in [5, 5.41) is 3.05. The number of amides is 1. The summed E-state index contributed by atoms with van der Waals surface area (Å²) in [6.07, 6.45) is 0.589. The number of cyclic esters (lactones) is 1. The van der Waals surface area contributed by atoms with E-state index in [0.29, 0.717) is 22.7 Å². The van der Waals surface area contributed by atoms with E-state index in [-0.39, 0.29) is 5.78 Å². The lowest BCUT2D eigenvalue weighted by atomic mass is 9.96. The van der Waals surface area contributed by atoms with Gasteiger partial charge in [0.05, 0.1) is 10.7 Å². The number of anilines is 1. The van der Waals surface area contributed by atoms with Crippen LogP contribution in [0.1, 0.15) is 43.4 Å². The van der Waals surface area contributed by atoms with Crippen LogP contribution in [0.3, 0.4) is 0 Å². The van der Waals surface area contributed by atoms with Crippen LogP contribution in [-0.4, -0.2) is 11.9 Å². The minimum absolute atomic E-state index is 0.106. The van der Waals surface area contributed by atoms with Gasteiger partial charge in [0.1, 0.15) is 0 Å². The van der Waals surface area contributed by atoms with E-state index < -0.39 is 12.2 Å². The highest BCUT2D eigenvalue weighted by Gasteiger charge is 2.34. The van der Waals surface area contributed by atoms with E-state index in [9.17, 15) is 9.59 Å². The van der Waals surface area contributed by atoms with Crippen molar-refractivity contribution in [3.8, 4) is 0 Å². The van der Waals surface area contributed by atoms with Gasteiger partial charge < -0.3 is 4.74 Å². The highest BCUT2D eigenvalue weighted by atomic mass is 35.5. The average molecular weight is 282 g/mol. The Morgan fingerprint density at radius 1 is 1.47 bits per heavy atom. The maximum atomic E-state index is 12.2. The van der Waals surface area contributed by atoms with Gasteiger partial charge in [-0.2, -0.15) is 0 Å². The SMILES string of the molecule is CCCCC(=O)C1OC(=O)Nc2c(C)ccc(Cl)c21. The van der Waals surface area contributed by atoms with E-state index in [0.717, 1.165) is 18.4 Å². The van der Waals surface area contributed by atoms with Crippen LogP contribution in [0.15, 0.2) is 12.1 Å². The molecule has 0 fully saturated rings. The molecule has 1 heterocycles. The second-order valence-electron chi connectivity index (χ2n) is 4.63. The molecule has 1 aliphatic heterocycles. The predicted octanol–water partition coefficient (Wildman–Crippen LogP) is 4.01. The number of unbranched alkanes of at least 4 members (excludes halogenated alkanes) is 1. The number of benzene rings is 1. The number of rotatable bonds is 4. The molecule has 1 aliphatic rings. The van der Waals surface area contributed by atoms with Gasteiger partial charge in [0.25, 0.3) is 0 Å². The van der Waals surface area contributed by atoms with Crippen molar-refractivity contribution in [2.24, 2.45) is 0 Å². The molecule has 1 amide bonds. The quantitative estimate of drug-likeness (QED) is 0.907. The Labute approximate surface area is 117 Å². The monoisotopic (exact) mass is 281 g/mol. The molecule has 1 unspecified atom stereocenters. The number of Topliss-reactive ketones (excluding diaryl/α,β-unsaturated/α-hetero) is 1. The zero-order valence-corrected chi connectivity index (χ0v) is 11.7. The third kappa shape index (κ3) is 2.73. The van der Waals surface area contributed by atoms with Crippen molar-refractivity contribution in [3.63, 3.8) is 0 Å². The van der Waals surface area contributed by atoms with Crippen molar-refractivity contribution in [2.45, 2.75) is 39.2 Å². The molecule has 19 heavy (non-hydrogen) atoms. The Morgan fingerprint density at radius 2 is 2.21 bits per heavy atom. The van der Waals surface area contributed by atoms with Crippen molar-refractivity contribution < 1.29 is 14.3 Å².